The molecule has 8 heteroatoms. The Labute approximate surface area is 166 Å². The van der Waals surface area contributed by atoms with Gasteiger partial charge in [0.25, 0.3) is 0 Å². The Hall–Kier alpha value is -0.310. The molecule has 0 radical (unpaired) electrons. The van der Waals surface area contributed by atoms with E-state index in [2.05, 4.69) is 6.92 Å². The number of benzene rings is 1. The molecule has 0 amide bonds. The third-order valence-electron chi connectivity index (χ3n) is 3.50. The Morgan fingerprint density at radius 3 is 2.33 bits per heavy atom. The van der Waals surface area contributed by atoms with Gasteiger partial charge in [-0.25, -0.2) is 8.42 Å². The van der Waals surface area contributed by atoms with Crippen LogP contribution in [0.15, 0.2) is 18.2 Å². The molecule has 0 spiro atoms. The predicted molar refractivity (Wildman–Crippen MR) is 86.5 cm³/mol. The number of hydrogen-bond donors (Lipinski definition) is 1. The van der Waals surface area contributed by atoms with E-state index in [0.717, 1.165) is 12.8 Å². The van der Waals surface area contributed by atoms with Gasteiger partial charge in [0.15, 0.2) is 16.9 Å². The number of aliphatic hydroxyl groups is 1. The SMILES string of the molecule is CCCCCCCCOc1ccc(C(O)S(=O)(=O)[O-])cc1OC.[Na+]. The fourth-order valence-electron chi connectivity index (χ4n) is 2.19. The van der Waals surface area contributed by atoms with Crippen LogP contribution in [-0.2, 0) is 10.1 Å². The average molecular weight is 368 g/mol. The molecule has 1 atom stereocenters. The van der Waals surface area contributed by atoms with E-state index >= 15 is 0 Å². The number of unbranched alkanes of at least 4 members (excludes halogenated alkanes) is 5. The standard InChI is InChI=1S/C16H26O6S.Na/c1-3-4-5-6-7-8-11-22-14-10-9-13(12-15(14)21-2)16(17)23(18,19)20;/h9-10,12,16-17H,3-8,11H2,1-2H3,(H,18,19,20);/q;+1/p-1. The summed E-state index contributed by atoms with van der Waals surface area (Å²) in [6, 6.07) is 4.15. The quantitative estimate of drug-likeness (QED) is 0.335. The minimum Gasteiger partial charge on any atom is -0.746 e. The molecule has 1 aromatic carbocycles. The zero-order valence-electron chi connectivity index (χ0n) is 14.7. The molecule has 0 bridgehead atoms. The summed E-state index contributed by atoms with van der Waals surface area (Å²) in [7, 11) is -3.41. The van der Waals surface area contributed by atoms with Gasteiger partial charge in [0.05, 0.1) is 13.7 Å². The smallest absolute Gasteiger partial charge is 0.746 e. The Morgan fingerprint density at radius 2 is 1.75 bits per heavy atom. The molecule has 0 aliphatic rings. The van der Waals surface area contributed by atoms with Crippen LogP contribution < -0.4 is 39.0 Å². The Bertz CT molecular complexity index is 576. The van der Waals surface area contributed by atoms with E-state index in [1.54, 1.807) is 0 Å². The molecule has 0 aromatic heterocycles. The zero-order chi connectivity index (χ0) is 17.3. The second-order valence-corrected chi connectivity index (χ2v) is 6.80. The first-order chi connectivity index (χ1) is 10.9. The van der Waals surface area contributed by atoms with Crippen LogP contribution in [0.3, 0.4) is 0 Å². The average Bonchev–Trinajstić information content (AvgIpc) is 2.52. The van der Waals surface area contributed by atoms with Gasteiger partial charge in [-0.3, -0.25) is 0 Å². The second-order valence-electron chi connectivity index (χ2n) is 5.37. The van der Waals surface area contributed by atoms with Crippen molar-refractivity contribution in [1.29, 1.82) is 0 Å². The van der Waals surface area contributed by atoms with Crippen molar-refractivity contribution in [3.05, 3.63) is 23.8 Å². The van der Waals surface area contributed by atoms with Crippen LogP contribution in [0.25, 0.3) is 0 Å². The van der Waals surface area contributed by atoms with Crippen molar-refractivity contribution in [2.75, 3.05) is 13.7 Å². The molecule has 1 unspecified atom stereocenters. The summed E-state index contributed by atoms with van der Waals surface area (Å²) in [6.07, 6.45) is 6.89. The molecule has 6 nitrogen and oxygen atoms in total. The van der Waals surface area contributed by atoms with Gasteiger partial charge in [-0.05, 0) is 24.1 Å². The molecular formula is C16H25NaO6S. The summed E-state index contributed by atoms with van der Waals surface area (Å²) in [4.78, 5) is 0. The summed E-state index contributed by atoms with van der Waals surface area (Å²) >= 11 is 0. The van der Waals surface area contributed by atoms with E-state index in [1.807, 2.05) is 0 Å². The van der Waals surface area contributed by atoms with Gasteiger partial charge in [0, 0.05) is 0 Å². The molecular weight excluding hydrogens is 343 g/mol. The van der Waals surface area contributed by atoms with Gasteiger partial charge in [-0.15, -0.1) is 0 Å². The minimum absolute atomic E-state index is 0. The fourth-order valence-corrected chi connectivity index (χ4v) is 2.67. The largest absolute Gasteiger partial charge is 1.00 e. The van der Waals surface area contributed by atoms with Crippen LogP contribution in [0, 0.1) is 0 Å². The van der Waals surface area contributed by atoms with Crippen molar-refractivity contribution in [2.45, 2.75) is 50.9 Å². The van der Waals surface area contributed by atoms with Crippen molar-refractivity contribution >= 4 is 10.1 Å². The van der Waals surface area contributed by atoms with Gasteiger partial charge in [0.1, 0.15) is 10.1 Å². The summed E-state index contributed by atoms with van der Waals surface area (Å²) in [5, 5.41) is 9.49. The van der Waals surface area contributed by atoms with Gasteiger partial charge in [-0.2, -0.15) is 0 Å². The fraction of sp³-hybridized carbons (Fsp3) is 0.625. The molecule has 0 aliphatic carbocycles. The van der Waals surface area contributed by atoms with Crippen LogP contribution in [-0.4, -0.2) is 31.8 Å². The Morgan fingerprint density at radius 1 is 1.12 bits per heavy atom. The van der Waals surface area contributed by atoms with Crippen molar-refractivity contribution < 1.29 is 57.1 Å². The summed E-state index contributed by atoms with van der Waals surface area (Å²) in [5.41, 5.74) is -2.15. The Balaban J connectivity index is 0.00000529. The van der Waals surface area contributed by atoms with Gasteiger partial charge >= 0.3 is 29.6 Å². The normalized spacial score (nSPS) is 12.3. The first kappa shape index (κ1) is 23.7. The van der Waals surface area contributed by atoms with Crippen molar-refractivity contribution in [3.8, 4) is 11.5 Å². The second kappa shape index (κ2) is 12.1. The monoisotopic (exact) mass is 368 g/mol. The van der Waals surface area contributed by atoms with E-state index in [0.29, 0.717) is 12.4 Å². The zero-order valence-corrected chi connectivity index (χ0v) is 17.5. The maximum absolute atomic E-state index is 10.9. The molecule has 1 N–H and O–H groups in total. The molecule has 0 saturated heterocycles. The molecule has 0 aliphatic heterocycles. The summed E-state index contributed by atoms with van der Waals surface area (Å²) in [6.45, 7) is 2.71. The predicted octanol–water partition coefficient (Wildman–Crippen LogP) is -0.0254. The van der Waals surface area contributed by atoms with Crippen LogP contribution in [0.5, 0.6) is 11.5 Å². The Kier molecular flexibility index (Phi) is 12.0. The number of aliphatic hydroxyl groups excluding tert-OH is 1. The first-order valence-corrected chi connectivity index (χ1v) is 9.30. The van der Waals surface area contributed by atoms with Gasteiger partial charge in [0.2, 0.25) is 0 Å². The van der Waals surface area contributed by atoms with E-state index in [9.17, 15) is 18.1 Å². The van der Waals surface area contributed by atoms with Gasteiger partial charge in [-0.1, -0.05) is 45.1 Å². The van der Waals surface area contributed by atoms with E-state index < -0.39 is 15.6 Å². The number of methoxy groups -OCH3 is 1. The molecule has 0 fully saturated rings. The third-order valence-corrected chi connectivity index (χ3v) is 4.32. The van der Waals surface area contributed by atoms with E-state index in [1.165, 1.54) is 51.0 Å². The summed E-state index contributed by atoms with van der Waals surface area (Å²) in [5.74, 6) is 0.747. The maximum Gasteiger partial charge on any atom is 1.00 e. The van der Waals surface area contributed by atoms with Crippen LogP contribution >= 0.6 is 0 Å². The van der Waals surface area contributed by atoms with Crippen LogP contribution in [0.2, 0.25) is 0 Å². The van der Waals surface area contributed by atoms with E-state index in [-0.39, 0.29) is 40.9 Å². The summed E-state index contributed by atoms with van der Waals surface area (Å²) < 4.78 is 43.3. The molecule has 1 rings (SSSR count). The van der Waals surface area contributed by atoms with Crippen LogP contribution in [0.1, 0.15) is 56.4 Å². The molecule has 132 valence electrons. The molecule has 24 heavy (non-hydrogen) atoms. The molecule has 0 heterocycles. The third kappa shape index (κ3) is 8.18. The minimum atomic E-state index is -4.82. The number of ether oxygens (including phenoxy) is 2. The van der Waals surface area contributed by atoms with Crippen molar-refractivity contribution in [3.63, 3.8) is 0 Å². The maximum atomic E-state index is 10.9. The first-order valence-electron chi connectivity index (χ1n) is 7.83. The van der Waals surface area contributed by atoms with Crippen LogP contribution in [0.4, 0.5) is 0 Å². The van der Waals surface area contributed by atoms with E-state index in [4.69, 9.17) is 9.47 Å². The number of rotatable bonds is 11. The van der Waals surface area contributed by atoms with Crippen molar-refractivity contribution in [1.82, 2.24) is 0 Å². The molecule has 1 aromatic rings. The van der Waals surface area contributed by atoms with Crippen molar-refractivity contribution in [2.24, 2.45) is 0 Å². The molecule has 0 saturated carbocycles. The number of hydrogen-bond acceptors (Lipinski definition) is 6. The topological polar surface area (TPSA) is 95.9 Å². The van der Waals surface area contributed by atoms with Gasteiger partial charge < -0.3 is 19.1 Å².